The average Bonchev–Trinajstić information content (AvgIpc) is 2.50. The minimum atomic E-state index is 0.0871. The molecule has 1 fully saturated rings. The number of carbonyl (C=O) groups is 1. The number of nitrogens with one attached hydrogen (secondary N) is 1. The molecule has 1 aliphatic rings. The maximum atomic E-state index is 11.8. The molecule has 1 saturated heterocycles. The second-order valence-electron chi connectivity index (χ2n) is 4.20. The Kier molecular flexibility index (Phi) is 4.39. The monoisotopic (exact) mass is 198 g/mol. The van der Waals surface area contributed by atoms with Crippen molar-refractivity contribution in [1.82, 2.24) is 10.2 Å². The van der Waals surface area contributed by atoms with Gasteiger partial charge in [0.25, 0.3) is 0 Å². The minimum absolute atomic E-state index is 0.0871. The van der Waals surface area contributed by atoms with E-state index in [9.17, 15) is 4.79 Å². The van der Waals surface area contributed by atoms with E-state index in [-0.39, 0.29) is 6.04 Å². The van der Waals surface area contributed by atoms with Crippen LogP contribution >= 0.6 is 0 Å². The van der Waals surface area contributed by atoms with Gasteiger partial charge in [0.15, 0.2) is 0 Å². The predicted molar refractivity (Wildman–Crippen MR) is 58.1 cm³/mol. The first-order valence-corrected chi connectivity index (χ1v) is 5.71. The fraction of sp³-hybridized carbons (Fsp3) is 0.909. The number of hydrogen-bond donors (Lipinski definition) is 1. The molecule has 3 heteroatoms. The average molecular weight is 198 g/mol. The van der Waals surface area contributed by atoms with Crippen molar-refractivity contribution in [1.29, 1.82) is 0 Å². The Balaban J connectivity index is 2.39. The Morgan fingerprint density at radius 1 is 1.57 bits per heavy atom. The zero-order valence-corrected chi connectivity index (χ0v) is 9.55. The van der Waals surface area contributed by atoms with Crippen LogP contribution in [0, 0.1) is 5.92 Å². The van der Waals surface area contributed by atoms with E-state index in [0.717, 1.165) is 32.5 Å². The first-order valence-electron chi connectivity index (χ1n) is 5.71. The van der Waals surface area contributed by atoms with Crippen molar-refractivity contribution in [3.8, 4) is 0 Å². The normalized spacial score (nSPS) is 24.4. The number of likely N-dealkylation sites (N-methyl/N-ethyl adjacent to an activating group) is 1. The minimum Gasteiger partial charge on any atom is -0.341 e. The van der Waals surface area contributed by atoms with E-state index >= 15 is 0 Å². The lowest BCUT2D eigenvalue weighted by Crippen LogP contribution is -2.39. The molecular weight excluding hydrogens is 176 g/mol. The number of nitrogens with zero attached hydrogens (tertiary/aromatic N) is 1. The van der Waals surface area contributed by atoms with Crippen LogP contribution in [0.2, 0.25) is 0 Å². The second kappa shape index (κ2) is 5.35. The summed E-state index contributed by atoms with van der Waals surface area (Å²) in [6, 6.07) is 0.0871. The molecule has 0 saturated carbocycles. The zero-order valence-electron chi connectivity index (χ0n) is 9.55. The van der Waals surface area contributed by atoms with E-state index in [4.69, 9.17) is 0 Å². The van der Waals surface area contributed by atoms with Gasteiger partial charge in [-0.2, -0.15) is 0 Å². The quantitative estimate of drug-likeness (QED) is 0.721. The van der Waals surface area contributed by atoms with Gasteiger partial charge in [-0.05, 0) is 18.9 Å². The molecule has 1 aliphatic heterocycles. The van der Waals surface area contributed by atoms with Gasteiger partial charge in [0.05, 0.1) is 6.04 Å². The molecule has 1 amide bonds. The van der Waals surface area contributed by atoms with Gasteiger partial charge in [-0.25, -0.2) is 0 Å². The summed E-state index contributed by atoms with van der Waals surface area (Å²) < 4.78 is 0. The van der Waals surface area contributed by atoms with E-state index in [1.54, 1.807) is 0 Å². The molecule has 1 N–H and O–H groups in total. The predicted octanol–water partition coefficient (Wildman–Crippen LogP) is 1.24. The molecule has 1 rings (SSSR count). The van der Waals surface area contributed by atoms with Crippen molar-refractivity contribution >= 4 is 5.91 Å². The highest BCUT2D eigenvalue weighted by Gasteiger charge is 2.30. The van der Waals surface area contributed by atoms with E-state index in [0.29, 0.717) is 11.8 Å². The van der Waals surface area contributed by atoms with Crippen molar-refractivity contribution in [2.45, 2.75) is 39.7 Å². The van der Waals surface area contributed by atoms with Crippen molar-refractivity contribution < 1.29 is 4.79 Å². The summed E-state index contributed by atoms with van der Waals surface area (Å²) in [7, 11) is 0. The standard InChI is InChI=1S/C11H22N2O/c1-4-9(3)8-13-7-6-10(11(13)14)12-5-2/h9-10,12H,4-8H2,1-3H3. The van der Waals surface area contributed by atoms with Crippen LogP contribution < -0.4 is 5.32 Å². The lowest BCUT2D eigenvalue weighted by atomic mass is 10.1. The smallest absolute Gasteiger partial charge is 0.239 e. The fourth-order valence-electron chi connectivity index (χ4n) is 1.86. The van der Waals surface area contributed by atoms with Crippen molar-refractivity contribution in [3.63, 3.8) is 0 Å². The lowest BCUT2D eigenvalue weighted by molar-refractivity contribution is -0.129. The Morgan fingerprint density at radius 2 is 2.29 bits per heavy atom. The molecule has 3 nitrogen and oxygen atoms in total. The molecule has 2 atom stereocenters. The van der Waals surface area contributed by atoms with Crippen LogP contribution in [0.3, 0.4) is 0 Å². The van der Waals surface area contributed by atoms with Crippen LogP contribution in [-0.4, -0.2) is 36.5 Å². The summed E-state index contributed by atoms with van der Waals surface area (Å²) in [6.45, 7) is 9.16. The summed E-state index contributed by atoms with van der Waals surface area (Å²) >= 11 is 0. The van der Waals surface area contributed by atoms with E-state index in [2.05, 4.69) is 19.2 Å². The lowest BCUT2D eigenvalue weighted by Gasteiger charge is -2.20. The summed E-state index contributed by atoms with van der Waals surface area (Å²) in [5, 5.41) is 3.22. The summed E-state index contributed by atoms with van der Waals surface area (Å²) in [5.41, 5.74) is 0. The molecule has 2 unspecified atom stereocenters. The third-order valence-corrected chi connectivity index (χ3v) is 2.98. The number of amides is 1. The highest BCUT2D eigenvalue weighted by atomic mass is 16.2. The first kappa shape index (κ1) is 11.5. The van der Waals surface area contributed by atoms with E-state index in [1.165, 1.54) is 0 Å². The number of likely N-dealkylation sites (tertiary alicyclic amines) is 1. The Labute approximate surface area is 86.9 Å². The molecule has 0 aliphatic carbocycles. The topological polar surface area (TPSA) is 32.3 Å². The fourth-order valence-corrected chi connectivity index (χ4v) is 1.86. The first-order chi connectivity index (χ1) is 6.69. The third kappa shape index (κ3) is 2.71. The highest BCUT2D eigenvalue weighted by molar-refractivity contribution is 5.83. The van der Waals surface area contributed by atoms with Crippen molar-refractivity contribution in [2.24, 2.45) is 5.92 Å². The summed E-state index contributed by atoms with van der Waals surface area (Å²) in [5.74, 6) is 0.923. The Bertz CT molecular complexity index is 194. The SMILES string of the molecule is CCNC1CCN(CC(C)CC)C1=O. The van der Waals surface area contributed by atoms with E-state index in [1.807, 2.05) is 11.8 Å². The molecule has 82 valence electrons. The largest absolute Gasteiger partial charge is 0.341 e. The highest BCUT2D eigenvalue weighted by Crippen LogP contribution is 2.14. The number of carbonyl (C=O) groups excluding carboxylic acids is 1. The molecule has 0 bridgehead atoms. The number of rotatable bonds is 5. The van der Waals surface area contributed by atoms with Crippen molar-refractivity contribution in [2.75, 3.05) is 19.6 Å². The molecule has 0 spiro atoms. The van der Waals surface area contributed by atoms with Gasteiger partial charge in [-0.1, -0.05) is 27.2 Å². The Hall–Kier alpha value is -0.570. The van der Waals surface area contributed by atoms with Gasteiger partial charge in [0, 0.05) is 13.1 Å². The molecule has 0 radical (unpaired) electrons. The maximum Gasteiger partial charge on any atom is 0.239 e. The van der Waals surface area contributed by atoms with Crippen LogP contribution in [-0.2, 0) is 4.79 Å². The molecule has 14 heavy (non-hydrogen) atoms. The van der Waals surface area contributed by atoms with Gasteiger partial charge in [-0.15, -0.1) is 0 Å². The summed E-state index contributed by atoms with van der Waals surface area (Å²) in [4.78, 5) is 13.8. The number of hydrogen-bond acceptors (Lipinski definition) is 2. The molecule has 0 aromatic heterocycles. The van der Waals surface area contributed by atoms with Gasteiger partial charge in [-0.3, -0.25) is 4.79 Å². The molecule has 0 aromatic rings. The van der Waals surface area contributed by atoms with Gasteiger partial charge in [0.2, 0.25) is 5.91 Å². The van der Waals surface area contributed by atoms with Crippen LogP contribution in [0.15, 0.2) is 0 Å². The molecule has 1 heterocycles. The second-order valence-corrected chi connectivity index (χ2v) is 4.20. The maximum absolute atomic E-state index is 11.8. The third-order valence-electron chi connectivity index (χ3n) is 2.98. The van der Waals surface area contributed by atoms with Crippen LogP contribution in [0.4, 0.5) is 0 Å². The molecule has 0 aromatic carbocycles. The Morgan fingerprint density at radius 3 is 2.86 bits per heavy atom. The molecular formula is C11H22N2O. The van der Waals surface area contributed by atoms with Gasteiger partial charge < -0.3 is 10.2 Å². The van der Waals surface area contributed by atoms with Crippen LogP contribution in [0.25, 0.3) is 0 Å². The van der Waals surface area contributed by atoms with Gasteiger partial charge >= 0.3 is 0 Å². The van der Waals surface area contributed by atoms with Crippen LogP contribution in [0.5, 0.6) is 0 Å². The van der Waals surface area contributed by atoms with Crippen LogP contribution in [0.1, 0.15) is 33.6 Å². The van der Waals surface area contributed by atoms with E-state index < -0.39 is 0 Å². The zero-order chi connectivity index (χ0) is 10.6. The van der Waals surface area contributed by atoms with Crippen molar-refractivity contribution in [3.05, 3.63) is 0 Å². The summed E-state index contributed by atoms with van der Waals surface area (Å²) in [6.07, 6.45) is 2.12. The van der Waals surface area contributed by atoms with Gasteiger partial charge in [0.1, 0.15) is 0 Å².